The Morgan fingerprint density at radius 2 is 1.94 bits per heavy atom. The number of rotatable bonds is 2. The van der Waals surface area contributed by atoms with Gasteiger partial charge in [-0.1, -0.05) is 35.9 Å². The molecule has 0 aliphatic rings. The Morgan fingerprint density at radius 3 is 2.65 bits per heavy atom. The van der Waals surface area contributed by atoms with Crippen LogP contribution in [0.15, 0.2) is 47.5 Å². The molecule has 0 amide bonds. The Morgan fingerprint density at radius 1 is 1.18 bits per heavy atom. The molecule has 0 bridgehead atoms. The smallest absolute Gasteiger partial charge is 0.141 e. The minimum absolute atomic E-state index is 0.174. The number of hydrogen-bond donors (Lipinski definition) is 1. The molecule has 0 aromatic heterocycles. The average molecular weight is 246 g/mol. The van der Waals surface area contributed by atoms with Gasteiger partial charge in [0, 0.05) is 16.8 Å². The normalized spacial score (nSPS) is 10.9. The maximum absolute atomic E-state index is 9.69. The van der Waals surface area contributed by atoms with Crippen molar-refractivity contribution >= 4 is 23.5 Å². The molecule has 0 atom stereocenters. The summed E-state index contributed by atoms with van der Waals surface area (Å²) in [6.45, 7) is 1.92. The van der Waals surface area contributed by atoms with E-state index in [1.165, 1.54) is 0 Å². The first kappa shape index (κ1) is 11.7. The van der Waals surface area contributed by atoms with Crippen LogP contribution in [0.25, 0.3) is 0 Å². The molecular formula is C14H12ClNO. The Balaban J connectivity index is 2.29. The van der Waals surface area contributed by atoms with Crippen molar-refractivity contribution in [1.82, 2.24) is 0 Å². The monoisotopic (exact) mass is 245 g/mol. The van der Waals surface area contributed by atoms with Gasteiger partial charge in [-0.3, -0.25) is 4.99 Å². The number of nitrogens with zero attached hydrogens (tertiary/aromatic N) is 1. The van der Waals surface area contributed by atoms with Crippen molar-refractivity contribution in [1.29, 1.82) is 0 Å². The van der Waals surface area contributed by atoms with E-state index >= 15 is 0 Å². The second kappa shape index (κ2) is 5.02. The molecule has 0 radical (unpaired) electrons. The summed E-state index contributed by atoms with van der Waals surface area (Å²) in [5.74, 6) is 0.174. The van der Waals surface area contributed by atoms with Crippen molar-refractivity contribution in [3.05, 3.63) is 58.6 Å². The molecule has 17 heavy (non-hydrogen) atoms. The van der Waals surface area contributed by atoms with Gasteiger partial charge in [-0.15, -0.1) is 0 Å². The average Bonchev–Trinajstić information content (AvgIpc) is 2.30. The number of aromatic hydroxyl groups is 1. The SMILES string of the molecule is Cc1ccc(N=Cc2ccccc2Cl)c(O)c1. The Labute approximate surface area is 105 Å². The number of hydrogen-bond acceptors (Lipinski definition) is 2. The highest BCUT2D eigenvalue weighted by molar-refractivity contribution is 6.33. The fourth-order valence-electron chi connectivity index (χ4n) is 1.46. The minimum Gasteiger partial charge on any atom is -0.506 e. The lowest BCUT2D eigenvalue weighted by atomic mass is 10.2. The maximum Gasteiger partial charge on any atom is 0.141 e. The number of halogens is 1. The van der Waals surface area contributed by atoms with E-state index < -0.39 is 0 Å². The van der Waals surface area contributed by atoms with Crippen molar-refractivity contribution in [2.45, 2.75) is 6.92 Å². The van der Waals surface area contributed by atoms with Crippen LogP contribution in [0.1, 0.15) is 11.1 Å². The standard InChI is InChI=1S/C14H12ClNO/c1-10-6-7-13(14(17)8-10)16-9-11-4-2-3-5-12(11)15/h2-9,17H,1H3. The fraction of sp³-hybridized carbons (Fsp3) is 0.0714. The van der Waals surface area contributed by atoms with Gasteiger partial charge in [-0.25, -0.2) is 0 Å². The van der Waals surface area contributed by atoms with E-state index in [1.54, 1.807) is 24.4 Å². The van der Waals surface area contributed by atoms with E-state index in [0.29, 0.717) is 10.7 Å². The summed E-state index contributed by atoms with van der Waals surface area (Å²) in [4.78, 5) is 4.22. The van der Waals surface area contributed by atoms with Gasteiger partial charge < -0.3 is 5.11 Å². The molecule has 2 nitrogen and oxygen atoms in total. The lowest BCUT2D eigenvalue weighted by Gasteiger charge is -2.00. The molecule has 0 spiro atoms. The molecule has 0 aliphatic heterocycles. The zero-order chi connectivity index (χ0) is 12.3. The summed E-state index contributed by atoms with van der Waals surface area (Å²) in [5.41, 5.74) is 2.36. The lowest BCUT2D eigenvalue weighted by molar-refractivity contribution is 0.476. The van der Waals surface area contributed by atoms with Gasteiger partial charge in [-0.05, 0) is 30.7 Å². The second-order valence-corrected chi connectivity index (χ2v) is 4.18. The Kier molecular flexibility index (Phi) is 3.45. The highest BCUT2D eigenvalue weighted by atomic mass is 35.5. The summed E-state index contributed by atoms with van der Waals surface area (Å²) >= 11 is 6.00. The zero-order valence-corrected chi connectivity index (χ0v) is 10.1. The van der Waals surface area contributed by atoms with Gasteiger partial charge in [0.15, 0.2) is 0 Å². The van der Waals surface area contributed by atoms with E-state index in [1.807, 2.05) is 31.2 Å². The van der Waals surface area contributed by atoms with Crippen molar-refractivity contribution in [3.8, 4) is 5.75 Å². The molecule has 0 saturated heterocycles. The van der Waals surface area contributed by atoms with Crippen molar-refractivity contribution in [2.24, 2.45) is 4.99 Å². The van der Waals surface area contributed by atoms with Gasteiger partial charge >= 0.3 is 0 Å². The topological polar surface area (TPSA) is 32.6 Å². The highest BCUT2D eigenvalue weighted by Gasteiger charge is 1.99. The second-order valence-electron chi connectivity index (χ2n) is 3.77. The molecule has 2 aromatic rings. The van der Waals surface area contributed by atoms with E-state index in [-0.39, 0.29) is 5.75 Å². The van der Waals surface area contributed by atoms with Crippen molar-refractivity contribution < 1.29 is 5.11 Å². The van der Waals surface area contributed by atoms with Crippen LogP contribution in [0.4, 0.5) is 5.69 Å². The van der Waals surface area contributed by atoms with E-state index in [4.69, 9.17) is 11.6 Å². The maximum atomic E-state index is 9.69. The first-order chi connectivity index (χ1) is 8.16. The summed E-state index contributed by atoms with van der Waals surface area (Å²) < 4.78 is 0. The van der Waals surface area contributed by atoms with Crippen molar-refractivity contribution in [2.75, 3.05) is 0 Å². The quantitative estimate of drug-likeness (QED) is 0.794. The lowest BCUT2D eigenvalue weighted by Crippen LogP contribution is -1.81. The van der Waals surface area contributed by atoms with Gasteiger partial charge in [0.25, 0.3) is 0 Å². The van der Waals surface area contributed by atoms with E-state index in [9.17, 15) is 5.11 Å². The number of benzene rings is 2. The summed E-state index contributed by atoms with van der Waals surface area (Å²) in [6.07, 6.45) is 1.65. The number of aryl methyl sites for hydroxylation is 1. The van der Waals surface area contributed by atoms with Crippen LogP contribution < -0.4 is 0 Å². The summed E-state index contributed by atoms with van der Waals surface area (Å²) in [7, 11) is 0. The molecule has 0 saturated carbocycles. The van der Waals surface area contributed by atoms with Gasteiger partial charge in [0.2, 0.25) is 0 Å². The van der Waals surface area contributed by atoms with Crippen LogP contribution in [-0.4, -0.2) is 11.3 Å². The largest absolute Gasteiger partial charge is 0.506 e. The van der Waals surface area contributed by atoms with Crippen LogP contribution in [0.3, 0.4) is 0 Å². The van der Waals surface area contributed by atoms with Gasteiger partial charge in [0.05, 0.1) is 0 Å². The molecule has 2 aromatic carbocycles. The van der Waals surface area contributed by atoms with Crippen LogP contribution in [0.5, 0.6) is 5.75 Å². The molecule has 86 valence electrons. The Bertz CT molecular complexity index is 564. The van der Waals surface area contributed by atoms with Crippen molar-refractivity contribution in [3.63, 3.8) is 0 Å². The third-order valence-electron chi connectivity index (χ3n) is 2.38. The van der Waals surface area contributed by atoms with Crippen LogP contribution in [-0.2, 0) is 0 Å². The minimum atomic E-state index is 0.174. The summed E-state index contributed by atoms with van der Waals surface area (Å²) in [6, 6.07) is 12.8. The van der Waals surface area contributed by atoms with Gasteiger partial charge in [0.1, 0.15) is 11.4 Å². The molecule has 1 N–H and O–H groups in total. The zero-order valence-electron chi connectivity index (χ0n) is 9.39. The van der Waals surface area contributed by atoms with E-state index in [0.717, 1.165) is 11.1 Å². The third-order valence-corrected chi connectivity index (χ3v) is 2.72. The molecule has 0 heterocycles. The molecule has 2 rings (SSSR count). The predicted molar refractivity (Wildman–Crippen MR) is 71.5 cm³/mol. The molecule has 0 fully saturated rings. The molecule has 3 heteroatoms. The Hall–Kier alpha value is -1.80. The highest BCUT2D eigenvalue weighted by Crippen LogP contribution is 2.27. The van der Waals surface area contributed by atoms with Crippen LogP contribution in [0, 0.1) is 6.92 Å². The molecular weight excluding hydrogens is 234 g/mol. The third kappa shape index (κ3) is 2.86. The number of phenols is 1. The van der Waals surface area contributed by atoms with Crippen LogP contribution in [0.2, 0.25) is 5.02 Å². The molecule has 0 unspecified atom stereocenters. The first-order valence-electron chi connectivity index (χ1n) is 5.25. The molecule has 0 aliphatic carbocycles. The number of aliphatic imine (C=N–C) groups is 1. The van der Waals surface area contributed by atoms with E-state index in [2.05, 4.69) is 4.99 Å². The summed E-state index contributed by atoms with van der Waals surface area (Å²) in [5, 5.41) is 10.3. The number of phenolic OH excluding ortho intramolecular Hbond substituents is 1. The fourth-order valence-corrected chi connectivity index (χ4v) is 1.65. The van der Waals surface area contributed by atoms with Gasteiger partial charge in [-0.2, -0.15) is 0 Å². The predicted octanol–water partition coefficient (Wildman–Crippen LogP) is 4.10. The first-order valence-corrected chi connectivity index (χ1v) is 5.63. The van der Waals surface area contributed by atoms with Crippen LogP contribution >= 0.6 is 11.6 Å².